The summed E-state index contributed by atoms with van der Waals surface area (Å²) < 4.78 is 7.24. The first-order valence-corrected chi connectivity index (χ1v) is 9.84. The summed E-state index contributed by atoms with van der Waals surface area (Å²) in [6.45, 7) is 4.82. The van der Waals surface area contributed by atoms with Crippen LogP contribution in [0.15, 0.2) is 67.0 Å². The number of carbonyl (C=O) groups excluding carboxylic acids is 1. The molecule has 1 aromatic heterocycles. The van der Waals surface area contributed by atoms with Gasteiger partial charge in [-0.25, -0.2) is 4.68 Å². The summed E-state index contributed by atoms with van der Waals surface area (Å²) in [6.07, 6.45) is 3.83. The molecule has 0 unspecified atom stereocenters. The van der Waals surface area contributed by atoms with Crippen LogP contribution in [0.1, 0.15) is 23.6 Å². The molecule has 0 atom stereocenters. The lowest BCUT2D eigenvalue weighted by molar-refractivity contribution is -0.122. The van der Waals surface area contributed by atoms with Gasteiger partial charge in [-0.05, 0) is 37.2 Å². The van der Waals surface area contributed by atoms with E-state index in [4.69, 9.17) is 4.74 Å². The number of rotatable bonds is 10. The maximum atomic E-state index is 12.3. The largest absolute Gasteiger partial charge is 0.377 e. The third-order valence-electron chi connectivity index (χ3n) is 4.51. The summed E-state index contributed by atoms with van der Waals surface area (Å²) in [5, 5.41) is 7.38. The normalized spacial score (nSPS) is 11.0. The lowest BCUT2D eigenvalue weighted by Crippen LogP contribution is -2.34. The van der Waals surface area contributed by atoms with Crippen LogP contribution in [0.25, 0.3) is 5.69 Å². The molecule has 0 spiro atoms. The van der Waals surface area contributed by atoms with Crippen molar-refractivity contribution in [2.75, 3.05) is 20.2 Å². The molecule has 2 aromatic carbocycles. The molecule has 0 saturated carbocycles. The molecule has 1 N–H and O–H groups in total. The fourth-order valence-electron chi connectivity index (χ4n) is 3.01. The van der Waals surface area contributed by atoms with Crippen molar-refractivity contribution in [3.05, 3.63) is 83.7 Å². The Balaban J connectivity index is 1.43. The van der Waals surface area contributed by atoms with Gasteiger partial charge in [0, 0.05) is 31.5 Å². The van der Waals surface area contributed by atoms with Gasteiger partial charge in [0.05, 0.1) is 25.0 Å². The van der Waals surface area contributed by atoms with Crippen LogP contribution in [0.3, 0.4) is 0 Å². The van der Waals surface area contributed by atoms with Crippen LogP contribution in [0.2, 0.25) is 0 Å². The number of benzene rings is 2. The highest BCUT2D eigenvalue weighted by molar-refractivity contribution is 5.77. The number of ether oxygens (including phenoxy) is 1. The Morgan fingerprint density at radius 3 is 2.52 bits per heavy atom. The first-order valence-electron chi connectivity index (χ1n) is 9.84. The van der Waals surface area contributed by atoms with Crippen molar-refractivity contribution >= 4 is 5.91 Å². The maximum Gasteiger partial charge on any atom is 0.234 e. The summed E-state index contributed by atoms with van der Waals surface area (Å²) in [6, 6.07) is 18.1. The van der Waals surface area contributed by atoms with Gasteiger partial charge in [0.1, 0.15) is 0 Å². The SMILES string of the molecule is CCOCc1ccc(CNC(=O)CN(C)Cc2cnn(-c3ccccc3)c2)cc1. The summed E-state index contributed by atoms with van der Waals surface area (Å²) in [4.78, 5) is 14.2. The molecule has 6 nitrogen and oxygen atoms in total. The van der Waals surface area contributed by atoms with E-state index in [0.29, 0.717) is 32.8 Å². The van der Waals surface area contributed by atoms with Crippen molar-refractivity contribution in [2.45, 2.75) is 26.6 Å². The zero-order chi connectivity index (χ0) is 20.5. The number of aromatic nitrogens is 2. The van der Waals surface area contributed by atoms with Gasteiger partial charge in [-0.3, -0.25) is 9.69 Å². The molecule has 0 aliphatic rings. The quantitative estimate of drug-likeness (QED) is 0.576. The third-order valence-corrected chi connectivity index (χ3v) is 4.51. The second kappa shape index (κ2) is 10.5. The molecule has 6 heteroatoms. The minimum Gasteiger partial charge on any atom is -0.377 e. The molecule has 3 rings (SSSR count). The molecule has 0 aliphatic carbocycles. The van der Waals surface area contributed by atoms with Gasteiger partial charge in [0.25, 0.3) is 0 Å². The van der Waals surface area contributed by atoms with Gasteiger partial charge in [-0.2, -0.15) is 5.10 Å². The van der Waals surface area contributed by atoms with Crippen molar-refractivity contribution < 1.29 is 9.53 Å². The predicted molar refractivity (Wildman–Crippen MR) is 114 cm³/mol. The van der Waals surface area contributed by atoms with E-state index in [1.807, 2.05) is 90.5 Å². The number of hydrogen-bond acceptors (Lipinski definition) is 4. The zero-order valence-corrected chi connectivity index (χ0v) is 17.0. The number of hydrogen-bond donors (Lipinski definition) is 1. The Bertz CT molecular complexity index is 891. The highest BCUT2D eigenvalue weighted by Gasteiger charge is 2.09. The lowest BCUT2D eigenvalue weighted by atomic mass is 10.1. The smallest absolute Gasteiger partial charge is 0.234 e. The van der Waals surface area contributed by atoms with E-state index in [1.54, 1.807) is 0 Å². The van der Waals surface area contributed by atoms with Crippen LogP contribution in [-0.4, -0.2) is 40.8 Å². The number of amides is 1. The lowest BCUT2D eigenvalue weighted by Gasteiger charge is -2.15. The Labute approximate surface area is 172 Å². The molecule has 0 bridgehead atoms. The Morgan fingerprint density at radius 2 is 1.79 bits per heavy atom. The van der Waals surface area contributed by atoms with E-state index in [2.05, 4.69) is 10.4 Å². The number of carbonyl (C=O) groups is 1. The maximum absolute atomic E-state index is 12.3. The van der Waals surface area contributed by atoms with Crippen LogP contribution in [0, 0.1) is 0 Å². The first kappa shape index (κ1) is 20.8. The zero-order valence-electron chi connectivity index (χ0n) is 17.0. The molecule has 0 radical (unpaired) electrons. The number of likely N-dealkylation sites (N-methyl/N-ethyl adjacent to an activating group) is 1. The van der Waals surface area contributed by atoms with E-state index in [9.17, 15) is 4.79 Å². The number of nitrogens with one attached hydrogen (secondary N) is 1. The van der Waals surface area contributed by atoms with Crippen molar-refractivity contribution in [2.24, 2.45) is 0 Å². The fourth-order valence-corrected chi connectivity index (χ4v) is 3.01. The van der Waals surface area contributed by atoms with E-state index in [-0.39, 0.29) is 5.91 Å². The van der Waals surface area contributed by atoms with Gasteiger partial charge < -0.3 is 10.1 Å². The van der Waals surface area contributed by atoms with Crippen molar-refractivity contribution in [1.82, 2.24) is 20.0 Å². The number of nitrogens with zero attached hydrogens (tertiary/aromatic N) is 3. The topological polar surface area (TPSA) is 59.4 Å². The van der Waals surface area contributed by atoms with Gasteiger partial charge >= 0.3 is 0 Å². The Kier molecular flexibility index (Phi) is 7.55. The number of para-hydroxylation sites is 1. The molecule has 29 heavy (non-hydrogen) atoms. The van der Waals surface area contributed by atoms with E-state index >= 15 is 0 Å². The van der Waals surface area contributed by atoms with E-state index in [0.717, 1.165) is 22.4 Å². The molecule has 0 fully saturated rings. The molecule has 3 aromatic rings. The van der Waals surface area contributed by atoms with E-state index < -0.39 is 0 Å². The highest BCUT2D eigenvalue weighted by Crippen LogP contribution is 2.09. The summed E-state index contributed by atoms with van der Waals surface area (Å²) in [5.41, 5.74) is 4.29. The van der Waals surface area contributed by atoms with E-state index in [1.165, 1.54) is 0 Å². The fraction of sp³-hybridized carbons (Fsp3) is 0.304. The van der Waals surface area contributed by atoms with Crippen molar-refractivity contribution in [3.63, 3.8) is 0 Å². The molecule has 1 amide bonds. The van der Waals surface area contributed by atoms with Crippen LogP contribution in [-0.2, 0) is 29.2 Å². The predicted octanol–water partition coefficient (Wildman–Crippen LogP) is 3.16. The third kappa shape index (κ3) is 6.55. The van der Waals surface area contributed by atoms with Crippen LogP contribution >= 0.6 is 0 Å². The molecular formula is C23H28N4O2. The average molecular weight is 393 g/mol. The summed E-state index contributed by atoms with van der Waals surface area (Å²) >= 11 is 0. The van der Waals surface area contributed by atoms with Gasteiger partial charge in [0.2, 0.25) is 5.91 Å². The standard InChI is InChI=1S/C23H28N4O2/c1-3-29-18-20-11-9-19(10-12-20)13-24-23(28)17-26(2)15-21-14-25-27(16-21)22-7-5-4-6-8-22/h4-12,14,16H,3,13,15,17-18H2,1-2H3,(H,24,28). The highest BCUT2D eigenvalue weighted by atomic mass is 16.5. The molecule has 0 aliphatic heterocycles. The van der Waals surface area contributed by atoms with Gasteiger partial charge in [-0.1, -0.05) is 42.5 Å². The molecule has 152 valence electrons. The van der Waals surface area contributed by atoms with Crippen molar-refractivity contribution in [3.8, 4) is 5.69 Å². The minimum absolute atomic E-state index is 0.00124. The van der Waals surface area contributed by atoms with Gasteiger partial charge in [0.15, 0.2) is 0 Å². The molecule has 1 heterocycles. The van der Waals surface area contributed by atoms with Crippen LogP contribution < -0.4 is 5.32 Å². The summed E-state index contributed by atoms with van der Waals surface area (Å²) in [5.74, 6) is 0.00124. The second-order valence-corrected chi connectivity index (χ2v) is 7.03. The van der Waals surface area contributed by atoms with Crippen molar-refractivity contribution in [1.29, 1.82) is 0 Å². The molecule has 0 saturated heterocycles. The first-order chi connectivity index (χ1) is 14.1. The monoisotopic (exact) mass is 392 g/mol. The summed E-state index contributed by atoms with van der Waals surface area (Å²) in [7, 11) is 1.93. The molecular weight excluding hydrogens is 364 g/mol. The van der Waals surface area contributed by atoms with Crippen LogP contribution in [0.5, 0.6) is 0 Å². The van der Waals surface area contributed by atoms with Gasteiger partial charge in [-0.15, -0.1) is 0 Å². The van der Waals surface area contributed by atoms with Crippen LogP contribution in [0.4, 0.5) is 0 Å². The Morgan fingerprint density at radius 1 is 1.07 bits per heavy atom. The average Bonchev–Trinajstić information content (AvgIpc) is 3.20. The minimum atomic E-state index is 0.00124. The second-order valence-electron chi connectivity index (χ2n) is 7.03. The Hall–Kier alpha value is -2.96.